The molecule has 1 aliphatic heterocycles. The second kappa shape index (κ2) is 5.68. The van der Waals surface area contributed by atoms with Crippen LogP contribution in [0, 0.1) is 6.57 Å². The van der Waals surface area contributed by atoms with Gasteiger partial charge in [-0.2, -0.15) is 0 Å². The SMILES string of the molecule is [C-]#[N+]C(=C1CCNCC1)c1nnc(-c2ccccc2)o1. The van der Waals surface area contributed by atoms with E-state index < -0.39 is 0 Å². The maximum absolute atomic E-state index is 7.37. The second-order valence-corrected chi connectivity index (χ2v) is 4.59. The van der Waals surface area contributed by atoms with Crippen molar-refractivity contribution in [1.82, 2.24) is 15.5 Å². The average molecular weight is 266 g/mol. The van der Waals surface area contributed by atoms with Gasteiger partial charge in [0.25, 0.3) is 0 Å². The van der Waals surface area contributed by atoms with E-state index in [9.17, 15) is 0 Å². The summed E-state index contributed by atoms with van der Waals surface area (Å²) in [7, 11) is 0. The third kappa shape index (κ3) is 2.46. The van der Waals surface area contributed by atoms with Crippen LogP contribution >= 0.6 is 0 Å². The van der Waals surface area contributed by atoms with Crippen molar-refractivity contribution in [2.45, 2.75) is 12.8 Å². The Morgan fingerprint density at radius 1 is 1.15 bits per heavy atom. The molecule has 3 rings (SSSR count). The second-order valence-electron chi connectivity index (χ2n) is 4.59. The first-order chi connectivity index (χ1) is 9.88. The molecule has 1 fully saturated rings. The monoisotopic (exact) mass is 266 g/mol. The molecule has 1 aliphatic rings. The lowest BCUT2D eigenvalue weighted by atomic mass is 10.0. The van der Waals surface area contributed by atoms with Crippen LogP contribution in [0.5, 0.6) is 0 Å². The molecule has 1 saturated heterocycles. The molecule has 100 valence electrons. The van der Waals surface area contributed by atoms with Crippen LogP contribution in [-0.2, 0) is 0 Å². The van der Waals surface area contributed by atoms with Gasteiger partial charge in [-0.1, -0.05) is 23.8 Å². The quantitative estimate of drug-likeness (QED) is 0.849. The molecule has 20 heavy (non-hydrogen) atoms. The van der Waals surface area contributed by atoms with E-state index in [2.05, 4.69) is 20.4 Å². The van der Waals surface area contributed by atoms with Crippen molar-refractivity contribution in [2.24, 2.45) is 0 Å². The van der Waals surface area contributed by atoms with Gasteiger partial charge in [-0.25, -0.2) is 4.85 Å². The van der Waals surface area contributed by atoms with E-state index in [1.165, 1.54) is 0 Å². The minimum Gasteiger partial charge on any atom is -0.427 e. The first-order valence-electron chi connectivity index (χ1n) is 6.58. The molecular formula is C15H14N4O. The maximum Gasteiger partial charge on any atom is 0.248 e. The Balaban J connectivity index is 1.95. The highest BCUT2D eigenvalue weighted by molar-refractivity contribution is 5.69. The molecule has 0 unspecified atom stereocenters. The topological polar surface area (TPSA) is 55.3 Å². The van der Waals surface area contributed by atoms with Crippen LogP contribution in [0.2, 0.25) is 0 Å². The summed E-state index contributed by atoms with van der Waals surface area (Å²) < 4.78 is 5.66. The van der Waals surface area contributed by atoms with Crippen LogP contribution in [0.1, 0.15) is 18.7 Å². The smallest absolute Gasteiger partial charge is 0.248 e. The molecule has 1 aromatic carbocycles. The van der Waals surface area contributed by atoms with Crippen molar-refractivity contribution < 1.29 is 4.42 Å². The van der Waals surface area contributed by atoms with Crippen molar-refractivity contribution in [1.29, 1.82) is 0 Å². The number of nitrogens with zero attached hydrogens (tertiary/aromatic N) is 3. The van der Waals surface area contributed by atoms with Gasteiger partial charge in [0.15, 0.2) is 0 Å². The van der Waals surface area contributed by atoms with Gasteiger partial charge in [-0.15, -0.1) is 10.2 Å². The molecule has 2 aromatic rings. The van der Waals surface area contributed by atoms with Gasteiger partial charge in [0.05, 0.1) is 6.57 Å². The van der Waals surface area contributed by atoms with E-state index in [-0.39, 0.29) is 0 Å². The van der Waals surface area contributed by atoms with Crippen molar-refractivity contribution in [3.8, 4) is 11.5 Å². The summed E-state index contributed by atoms with van der Waals surface area (Å²) in [5, 5.41) is 11.3. The first-order valence-corrected chi connectivity index (χ1v) is 6.58. The Kier molecular flexibility index (Phi) is 3.57. The molecule has 0 saturated carbocycles. The fraction of sp³-hybridized carbons (Fsp3) is 0.267. The third-order valence-electron chi connectivity index (χ3n) is 3.30. The highest BCUT2D eigenvalue weighted by atomic mass is 16.4. The van der Waals surface area contributed by atoms with Crippen molar-refractivity contribution >= 4 is 5.70 Å². The Labute approximate surface area is 117 Å². The fourth-order valence-electron chi connectivity index (χ4n) is 2.26. The zero-order chi connectivity index (χ0) is 13.8. The Morgan fingerprint density at radius 2 is 1.90 bits per heavy atom. The van der Waals surface area contributed by atoms with E-state index in [0.29, 0.717) is 17.5 Å². The first kappa shape index (κ1) is 12.6. The van der Waals surface area contributed by atoms with Crippen LogP contribution < -0.4 is 5.32 Å². The van der Waals surface area contributed by atoms with E-state index in [4.69, 9.17) is 11.0 Å². The molecule has 0 bridgehead atoms. The summed E-state index contributed by atoms with van der Waals surface area (Å²) in [5.41, 5.74) is 2.48. The Hall–Kier alpha value is -2.45. The normalized spacial score (nSPS) is 14.8. The van der Waals surface area contributed by atoms with Gasteiger partial charge in [-0.05, 0) is 38.1 Å². The highest BCUT2D eigenvalue weighted by Gasteiger charge is 2.18. The summed E-state index contributed by atoms with van der Waals surface area (Å²) in [4.78, 5) is 3.59. The van der Waals surface area contributed by atoms with E-state index in [0.717, 1.165) is 37.1 Å². The summed E-state index contributed by atoms with van der Waals surface area (Å²) in [6.07, 6.45) is 1.72. The molecular weight excluding hydrogens is 252 g/mol. The van der Waals surface area contributed by atoms with Crippen LogP contribution in [0.15, 0.2) is 40.3 Å². The average Bonchev–Trinajstić information content (AvgIpc) is 3.00. The van der Waals surface area contributed by atoms with E-state index in [1.54, 1.807) is 0 Å². The number of aromatic nitrogens is 2. The lowest BCUT2D eigenvalue weighted by molar-refractivity contribution is 0.549. The number of piperidine rings is 1. The third-order valence-corrected chi connectivity index (χ3v) is 3.30. The van der Waals surface area contributed by atoms with Gasteiger partial charge in [0, 0.05) is 5.56 Å². The van der Waals surface area contributed by atoms with Gasteiger partial charge in [-0.3, -0.25) is 0 Å². The maximum atomic E-state index is 7.37. The molecule has 0 amide bonds. The molecule has 0 radical (unpaired) electrons. The number of rotatable bonds is 2. The largest absolute Gasteiger partial charge is 0.427 e. The molecule has 2 heterocycles. The van der Waals surface area contributed by atoms with E-state index in [1.807, 2.05) is 30.3 Å². The molecule has 5 heteroatoms. The summed E-state index contributed by atoms with van der Waals surface area (Å²) in [5.74, 6) is 0.784. The number of hydrogen-bond donors (Lipinski definition) is 1. The molecule has 1 N–H and O–H groups in total. The van der Waals surface area contributed by atoms with Gasteiger partial charge < -0.3 is 9.73 Å². The van der Waals surface area contributed by atoms with Gasteiger partial charge >= 0.3 is 0 Å². The molecule has 5 nitrogen and oxygen atoms in total. The van der Waals surface area contributed by atoms with Crippen LogP contribution in [0.25, 0.3) is 22.0 Å². The molecule has 0 spiro atoms. The highest BCUT2D eigenvalue weighted by Crippen LogP contribution is 2.27. The van der Waals surface area contributed by atoms with Crippen LogP contribution in [-0.4, -0.2) is 23.3 Å². The van der Waals surface area contributed by atoms with Crippen molar-refractivity contribution in [2.75, 3.05) is 13.1 Å². The summed E-state index contributed by atoms with van der Waals surface area (Å²) in [6.45, 7) is 9.16. The number of hydrogen-bond acceptors (Lipinski definition) is 4. The summed E-state index contributed by atoms with van der Waals surface area (Å²) in [6, 6.07) is 9.59. The van der Waals surface area contributed by atoms with Gasteiger partial charge in [0.1, 0.15) is 0 Å². The minimum absolute atomic E-state index is 0.329. The standard InChI is InChI=1S/C15H14N4O/c1-16-13(11-7-9-17-10-8-11)15-19-18-14(20-15)12-5-3-2-4-6-12/h2-6,17H,7-10H2. The lowest BCUT2D eigenvalue weighted by Crippen LogP contribution is -2.23. The molecule has 0 aliphatic carbocycles. The zero-order valence-corrected chi connectivity index (χ0v) is 11.0. The fourth-order valence-corrected chi connectivity index (χ4v) is 2.26. The number of benzene rings is 1. The number of nitrogens with one attached hydrogen (secondary N) is 1. The van der Waals surface area contributed by atoms with Gasteiger partial charge in [0.2, 0.25) is 17.5 Å². The van der Waals surface area contributed by atoms with Crippen LogP contribution in [0.3, 0.4) is 0 Å². The molecule has 1 aromatic heterocycles. The zero-order valence-electron chi connectivity index (χ0n) is 11.0. The summed E-state index contributed by atoms with van der Waals surface area (Å²) >= 11 is 0. The predicted octanol–water partition coefficient (Wildman–Crippen LogP) is 2.75. The van der Waals surface area contributed by atoms with Crippen molar-refractivity contribution in [3.05, 3.63) is 53.2 Å². The molecule has 0 atom stereocenters. The minimum atomic E-state index is 0.329. The lowest BCUT2D eigenvalue weighted by Gasteiger charge is -2.15. The predicted molar refractivity (Wildman–Crippen MR) is 75.4 cm³/mol. The van der Waals surface area contributed by atoms with Crippen molar-refractivity contribution in [3.63, 3.8) is 0 Å². The Bertz CT molecular complexity index is 659. The Morgan fingerprint density at radius 3 is 2.60 bits per heavy atom. The van der Waals surface area contributed by atoms with Crippen LogP contribution in [0.4, 0.5) is 0 Å². The van der Waals surface area contributed by atoms with E-state index >= 15 is 0 Å².